The molecule has 6 heteroatoms. The first-order valence-corrected chi connectivity index (χ1v) is 10.3. The molecule has 0 aliphatic carbocycles. The Hall–Kier alpha value is -2.44. The number of rotatable bonds is 3. The van der Waals surface area contributed by atoms with E-state index in [0.717, 1.165) is 17.8 Å². The van der Waals surface area contributed by atoms with Crippen molar-refractivity contribution in [3.8, 4) is 5.69 Å². The van der Waals surface area contributed by atoms with Gasteiger partial charge in [0.1, 0.15) is 5.56 Å². The number of carbonyl (C=O) groups excluding carboxylic acids is 1. The van der Waals surface area contributed by atoms with E-state index in [0.29, 0.717) is 31.2 Å². The Morgan fingerprint density at radius 3 is 2.72 bits per heavy atom. The van der Waals surface area contributed by atoms with E-state index < -0.39 is 0 Å². The van der Waals surface area contributed by atoms with Crippen LogP contribution in [0.15, 0.2) is 41.3 Å². The molecule has 0 radical (unpaired) electrons. The van der Waals surface area contributed by atoms with Crippen molar-refractivity contribution >= 4 is 5.91 Å². The Morgan fingerprint density at radius 1 is 1.21 bits per heavy atom. The van der Waals surface area contributed by atoms with Crippen molar-refractivity contribution in [2.45, 2.75) is 38.8 Å². The molecule has 2 aliphatic heterocycles. The second kappa shape index (κ2) is 7.76. The summed E-state index contributed by atoms with van der Waals surface area (Å²) in [6.07, 6.45) is 1.78. The normalized spacial score (nSPS) is 22.2. The van der Waals surface area contributed by atoms with Crippen molar-refractivity contribution in [2.24, 2.45) is 0 Å². The van der Waals surface area contributed by atoms with Gasteiger partial charge in [0.2, 0.25) is 0 Å². The highest BCUT2D eigenvalue weighted by Gasteiger charge is 2.41. The molecule has 0 bridgehead atoms. The number of carbonyl (C=O) groups is 1. The third-order valence-electron chi connectivity index (χ3n) is 6.20. The van der Waals surface area contributed by atoms with Crippen LogP contribution in [-0.2, 0) is 4.74 Å². The van der Waals surface area contributed by atoms with Crippen molar-refractivity contribution in [3.63, 3.8) is 0 Å². The average molecular weight is 396 g/mol. The molecule has 6 nitrogen and oxygen atoms in total. The van der Waals surface area contributed by atoms with Crippen LogP contribution in [0.4, 0.5) is 0 Å². The molecular weight excluding hydrogens is 366 g/mol. The summed E-state index contributed by atoms with van der Waals surface area (Å²) >= 11 is 0. The van der Waals surface area contributed by atoms with Crippen LogP contribution < -0.4 is 5.56 Å². The van der Waals surface area contributed by atoms with Gasteiger partial charge in [0.15, 0.2) is 0 Å². The van der Waals surface area contributed by atoms with Crippen molar-refractivity contribution in [2.75, 3.05) is 33.3 Å². The molecule has 2 atom stereocenters. The number of morpholine rings is 1. The third-order valence-corrected chi connectivity index (χ3v) is 6.20. The monoisotopic (exact) mass is 395 g/mol. The van der Waals surface area contributed by atoms with Crippen LogP contribution in [0, 0.1) is 6.92 Å². The number of aryl methyl sites for hydroxylation is 1. The highest BCUT2D eigenvalue weighted by Crippen LogP contribution is 2.24. The first kappa shape index (κ1) is 19.9. The minimum absolute atomic E-state index is 0.0201. The molecule has 0 spiro atoms. The maximum Gasteiger partial charge on any atom is 0.268 e. The fourth-order valence-electron chi connectivity index (χ4n) is 4.31. The van der Waals surface area contributed by atoms with Gasteiger partial charge in [-0.3, -0.25) is 19.1 Å². The van der Waals surface area contributed by atoms with Gasteiger partial charge in [0, 0.05) is 31.5 Å². The summed E-state index contributed by atoms with van der Waals surface area (Å²) in [5.74, 6) is 0.162. The van der Waals surface area contributed by atoms with Gasteiger partial charge in [-0.2, -0.15) is 0 Å². The van der Waals surface area contributed by atoms with Crippen molar-refractivity contribution in [3.05, 3.63) is 63.6 Å². The summed E-state index contributed by atoms with van der Waals surface area (Å²) in [7, 11) is 2.07. The smallest absolute Gasteiger partial charge is 0.268 e. The highest BCUT2D eigenvalue weighted by atomic mass is 16.5. The Bertz CT molecular complexity index is 982. The van der Waals surface area contributed by atoms with E-state index in [4.69, 9.17) is 4.74 Å². The predicted molar refractivity (Wildman–Crippen MR) is 113 cm³/mol. The number of hydrogen-bond acceptors (Lipinski definition) is 4. The molecule has 4 rings (SSSR count). The predicted octanol–water partition coefficient (Wildman–Crippen LogP) is 2.42. The molecule has 0 unspecified atom stereocenters. The number of likely N-dealkylation sites (N-methyl/N-ethyl adjacent to an activating group) is 1. The standard InChI is InChI=1S/C23H29N3O3/c1-15(2)17-6-5-7-18(12-17)26-9-8-16(3)21(23(26)28)22(27)25-13-19-20(14-25)29-11-10-24(19)4/h5-9,12,15,19-20H,10-11,13-14H2,1-4H3/t19-,20-/m0/s1. The second-order valence-electron chi connectivity index (χ2n) is 8.47. The molecule has 1 amide bonds. The van der Waals surface area contributed by atoms with Crippen LogP contribution in [0.25, 0.3) is 5.69 Å². The summed E-state index contributed by atoms with van der Waals surface area (Å²) in [6, 6.07) is 9.98. The molecular formula is C23H29N3O3. The lowest BCUT2D eigenvalue weighted by Gasteiger charge is -2.33. The first-order chi connectivity index (χ1) is 13.9. The van der Waals surface area contributed by atoms with Crippen LogP contribution >= 0.6 is 0 Å². The Labute approximate surface area is 171 Å². The van der Waals surface area contributed by atoms with Gasteiger partial charge < -0.3 is 9.64 Å². The van der Waals surface area contributed by atoms with Gasteiger partial charge in [0.05, 0.1) is 18.8 Å². The third kappa shape index (κ3) is 3.63. The summed E-state index contributed by atoms with van der Waals surface area (Å²) in [4.78, 5) is 30.7. The van der Waals surface area contributed by atoms with Crippen molar-refractivity contribution in [1.29, 1.82) is 0 Å². The number of benzene rings is 1. The van der Waals surface area contributed by atoms with Gasteiger partial charge in [-0.1, -0.05) is 26.0 Å². The zero-order chi connectivity index (χ0) is 20.7. The Balaban J connectivity index is 1.68. The van der Waals surface area contributed by atoms with E-state index in [1.165, 1.54) is 0 Å². The summed E-state index contributed by atoms with van der Waals surface area (Å²) in [5.41, 5.74) is 2.64. The van der Waals surface area contributed by atoms with Crippen molar-refractivity contribution in [1.82, 2.24) is 14.4 Å². The van der Waals surface area contributed by atoms with Gasteiger partial charge in [-0.15, -0.1) is 0 Å². The zero-order valence-corrected chi connectivity index (χ0v) is 17.6. The molecule has 2 fully saturated rings. The summed E-state index contributed by atoms with van der Waals surface area (Å²) in [6.45, 7) is 8.75. The number of aromatic nitrogens is 1. The largest absolute Gasteiger partial charge is 0.373 e. The zero-order valence-electron chi connectivity index (χ0n) is 17.6. The molecule has 0 N–H and O–H groups in total. The van der Waals surface area contributed by atoms with E-state index >= 15 is 0 Å². The summed E-state index contributed by atoms with van der Waals surface area (Å²) in [5, 5.41) is 0. The van der Waals surface area contributed by atoms with E-state index in [9.17, 15) is 9.59 Å². The lowest BCUT2D eigenvalue weighted by atomic mass is 10.0. The maximum absolute atomic E-state index is 13.3. The number of ether oxygens (including phenoxy) is 1. The van der Waals surface area contributed by atoms with Gasteiger partial charge in [-0.05, 0) is 49.2 Å². The molecule has 1 aromatic carbocycles. The minimum atomic E-state index is -0.264. The minimum Gasteiger partial charge on any atom is -0.373 e. The topological polar surface area (TPSA) is 54.8 Å². The highest BCUT2D eigenvalue weighted by molar-refractivity contribution is 5.95. The molecule has 1 aromatic heterocycles. The second-order valence-corrected chi connectivity index (χ2v) is 8.47. The molecule has 154 valence electrons. The van der Waals surface area contributed by atoms with Crippen molar-refractivity contribution < 1.29 is 9.53 Å². The number of pyridine rings is 1. The van der Waals surface area contributed by atoms with Crippen LogP contribution in [0.5, 0.6) is 0 Å². The van der Waals surface area contributed by atoms with E-state index in [2.05, 4.69) is 31.9 Å². The maximum atomic E-state index is 13.3. The quantitative estimate of drug-likeness (QED) is 0.801. The van der Waals surface area contributed by atoms with Gasteiger partial charge in [-0.25, -0.2) is 0 Å². The average Bonchev–Trinajstić information content (AvgIpc) is 3.14. The van der Waals surface area contributed by atoms with Crippen LogP contribution in [-0.4, -0.2) is 65.7 Å². The molecule has 29 heavy (non-hydrogen) atoms. The first-order valence-electron chi connectivity index (χ1n) is 10.3. The molecule has 3 heterocycles. The number of nitrogens with zero attached hydrogens (tertiary/aromatic N) is 3. The number of amides is 1. The fraction of sp³-hybridized carbons (Fsp3) is 0.478. The Morgan fingerprint density at radius 2 is 2.00 bits per heavy atom. The fourth-order valence-corrected chi connectivity index (χ4v) is 4.31. The van der Waals surface area contributed by atoms with E-state index in [1.54, 1.807) is 15.7 Å². The van der Waals surface area contributed by atoms with Crippen LogP contribution in [0.1, 0.15) is 41.3 Å². The molecule has 2 aromatic rings. The Kier molecular flexibility index (Phi) is 5.32. The SMILES string of the molecule is Cc1ccn(-c2cccc(C(C)C)c2)c(=O)c1C(=O)N1C[C@@H]2OCCN(C)[C@H]2C1. The molecule has 2 aliphatic rings. The summed E-state index contributed by atoms with van der Waals surface area (Å²) < 4.78 is 7.44. The lowest BCUT2D eigenvalue weighted by Crippen LogP contribution is -2.48. The lowest BCUT2D eigenvalue weighted by molar-refractivity contribution is -0.0368. The number of fused-ring (bicyclic) bond motifs is 1. The molecule has 0 saturated carbocycles. The number of likely N-dealkylation sites (tertiary alicyclic amines) is 1. The van der Waals surface area contributed by atoms with Gasteiger partial charge >= 0.3 is 0 Å². The number of hydrogen-bond donors (Lipinski definition) is 0. The van der Waals surface area contributed by atoms with Crippen LogP contribution in [0.3, 0.4) is 0 Å². The molecule has 2 saturated heterocycles. The van der Waals surface area contributed by atoms with E-state index in [1.807, 2.05) is 31.2 Å². The van der Waals surface area contributed by atoms with Gasteiger partial charge in [0.25, 0.3) is 11.5 Å². The van der Waals surface area contributed by atoms with Crippen LogP contribution in [0.2, 0.25) is 0 Å². The van der Waals surface area contributed by atoms with E-state index in [-0.39, 0.29) is 29.2 Å².